The Morgan fingerprint density at radius 3 is 2.27 bits per heavy atom. The van der Waals surface area contributed by atoms with E-state index in [1.807, 2.05) is 33.8 Å². The van der Waals surface area contributed by atoms with Crippen LogP contribution in [-0.4, -0.2) is 36.9 Å². The summed E-state index contributed by atoms with van der Waals surface area (Å²) >= 11 is 4.24. The topological polar surface area (TPSA) is 53.6 Å². The number of nitrogens with zero attached hydrogens (tertiary/aromatic N) is 2. The molecule has 3 N–H and O–H groups in total. The molecule has 0 bridgehead atoms. The van der Waals surface area contributed by atoms with Gasteiger partial charge in [-0.1, -0.05) is 59.4 Å². The molecule has 37 heavy (non-hydrogen) atoms. The van der Waals surface area contributed by atoms with Crippen LogP contribution in [0.25, 0.3) is 11.1 Å². The summed E-state index contributed by atoms with van der Waals surface area (Å²) in [6.45, 7) is 26.2. The molecular weight excluding hydrogens is 479 g/mol. The molecule has 2 aromatic rings. The zero-order valence-corrected chi connectivity index (χ0v) is 25.2. The predicted octanol–water partition coefficient (Wildman–Crippen LogP) is 7.66. The van der Waals surface area contributed by atoms with Crippen LogP contribution in [0.5, 0.6) is 0 Å². The summed E-state index contributed by atoms with van der Waals surface area (Å²) in [6.07, 6.45) is 0.773. The van der Waals surface area contributed by atoms with Crippen LogP contribution in [0.4, 0.5) is 10.1 Å². The van der Waals surface area contributed by atoms with Gasteiger partial charge in [0.15, 0.2) is 0 Å². The lowest BCUT2D eigenvalue weighted by molar-refractivity contribution is 0.307. The average Bonchev–Trinajstić information content (AvgIpc) is 2.85. The highest BCUT2D eigenvalue weighted by Crippen LogP contribution is 2.33. The van der Waals surface area contributed by atoms with Gasteiger partial charge in [0.1, 0.15) is 5.82 Å². The maximum atomic E-state index is 14.3. The van der Waals surface area contributed by atoms with E-state index in [4.69, 9.17) is 5.73 Å². The van der Waals surface area contributed by atoms with Crippen molar-refractivity contribution in [2.24, 2.45) is 10.9 Å². The number of benzene rings is 2. The number of rotatable bonds is 11. The summed E-state index contributed by atoms with van der Waals surface area (Å²) in [6, 6.07) is 7.27. The van der Waals surface area contributed by atoms with Crippen LogP contribution >= 0.6 is 12.6 Å². The molecule has 0 heterocycles. The van der Waals surface area contributed by atoms with Gasteiger partial charge in [0.25, 0.3) is 0 Å². The summed E-state index contributed by atoms with van der Waals surface area (Å²) < 4.78 is 14.3. The molecular formula is C31H47FN4S. The molecule has 0 saturated heterocycles. The first-order valence-corrected chi connectivity index (χ1v) is 13.6. The number of anilines is 1. The molecule has 6 heteroatoms. The molecule has 0 spiro atoms. The summed E-state index contributed by atoms with van der Waals surface area (Å²) in [7, 11) is 1.79. The van der Waals surface area contributed by atoms with E-state index in [0.29, 0.717) is 23.2 Å². The molecule has 1 unspecified atom stereocenters. The van der Waals surface area contributed by atoms with E-state index in [9.17, 15) is 4.39 Å². The minimum absolute atomic E-state index is 0.0495. The van der Waals surface area contributed by atoms with Crippen molar-refractivity contribution in [3.63, 3.8) is 0 Å². The Bertz CT molecular complexity index is 1100. The number of thiol groups is 1. The Kier molecular flexibility index (Phi) is 13.2. The third-order valence-electron chi connectivity index (χ3n) is 6.26. The Morgan fingerprint density at radius 2 is 1.78 bits per heavy atom. The quantitative estimate of drug-likeness (QED) is 0.0926. The summed E-state index contributed by atoms with van der Waals surface area (Å²) in [5.41, 5.74) is 14.9. The largest absolute Gasteiger partial charge is 0.398 e. The molecule has 0 aliphatic rings. The van der Waals surface area contributed by atoms with Gasteiger partial charge < -0.3 is 10.6 Å². The zero-order chi connectivity index (χ0) is 28.4. The number of halogens is 1. The van der Waals surface area contributed by atoms with Crippen molar-refractivity contribution >= 4 is 24.0 Å². The second-order valence-electron chi connectivity index (χ2n) is 9.57. The highest BCUT2D eigenvalue weighted by Gasteiger charge is 2.20. The first-order chi connectivity index (χ1) is 17.4. The number of nitrogens with two attached hydrogens (primary N) is 1. The fourth-order valence-corrected chi connectivity index (χ4v) is 4.52. The molecule has 0 saturated carbocycles. The van der Waals surface area contributed by atoms with Crippen LogP contribution < -0.4 is 11.1 Å². The first-order valence-electron chi connectivity index (χ1n) is 13.1. The molecule has 1 atom stereocenters. The van der Waals surface area contributed by atoms with Crippen LogP contribution in [0, 0.1) is 18.7 Å². The van der Waals surface area contributed by atoms with Gasteiger partial charge in [-0.15, -0.1) is 12.6 Å². The standard InChI is InChI=1S/C29H41FN4S.C2H6/c1-10-22-13-27(35)25(30)14-24(22)23-11-19(6)28(26(31)12-23)29(32-9)20(7)33-16-34(15-17(2)3)21(8)18(4)5;1-2/h11-14,18,20,33,35H,2,8,10,15-16,31H2,1,3-7,9H3;1-2H3. The smallest absolute Gasteiger partial charge is 0.137 e. The van der Waals surface area contributed by atoms with E-state index < -0.39 is 0 Å². The number of nitrogens with one attached hydrogen (secondary N) is 1. The Balaban J connectivity index is 0.00000334. The van der Waals surface area contributed by atoms with Crippen molar-refractivity contribution in [1.82, 2.24) is 10.2 Å². The molecule has 0 fully saturated rings. The average molecular weight is 527 g/mol. The minimum Gasteiger partial charge on any atom is -0.398 e. The van der Waals surface area contributed by atoms with Crippen molar-refractivity contribution in [3.8, 4) is 11.1 Å². The Morgan fingerprint density at radius 1 is 1.16 bits per heavy atom. The van der Waals surface area contributed by atoms with Crippen molar-refractivity contribution in [3.05, 3.63) is 71.2 Å². The van der Waals surface area contributed by atoms with Crippen molar-refractivity contribution in [2.75, 3.05) is 26.0 Å². The van der Waals surface area contributed by atoms with Gasteiger partial charge in [-0.25, -0.2) is 4.39 Å². The SMILES string of the molecule is C=C(C)CN(CNC(C)C(=NC)c1c(C)cc(-c2cc(F)c(S)cc2CC)cc1N)C(=C)C(C)C.CC. The second-order valence-corrected chi connectivity index (χ2v) is 10.0. The predicted molar refractivity (Wildman–Crippen MR) is 164 cm³/mol. The Hall–Kier alpha value is -2.57. The van der Waals surface area contributed by atoms with Gasteiger partial charge in [0, 0.05) is 41.5 Å². The van der Waals surface area contributed by atoms with Gasteiger partial charge in [-0.2, -0.15) is 0 Å². The van der Waals surface area contributed by atoms with Crippen molar-refractivity contribution in [1.29, 1.82) is 0 Å². The first kappa shape index (κ1) is 32.5. The van der Waals surface area contributed by atoms with Crippen molar-refractivity contribution in [2.45, 2.75) is 72.7 Å². The van der Waals surface area contributed by atoms with Gasteiger partial charge in [0.05, 0.1) is 12.4 Å². The lowest BCUT2D eigenvalue weighted by atomic mass is 9.91. The third-order valence-corrected chi connectivity index (χ3v) is 6.60. The molecule has 2 aromatic carbocycles. The van der Waals surface area contributed by atoms with Gasteiger partial charge in [-0.3, -0.25) is 10.3 Å². The minimum atomic E-state index is -0.336. The molecule has 204 valence electrons. The number of aryl methyl sites for hydroxylation is 2. The normalized spacial score (nSPS) is 12.2. The fraction of sp³-hybridized carbons (Fsp3) is 0.452. The summed E-state index contributed by atoms with van der Waals surface area (Å²) in [4.78, 5) is 7.17. The number of hydrogen-bond donors (Lipinski definition) is 3. The molecule has 0 aliphatic carbocycles. The summed E-state index contributed by atoms with van der Waals surface area (Å²) in [5.74, 6) is 0.00225. The van der Waals surface area contributed by atoms with Gasteiger partial charge >= 0.3 is 0 Å². The fourth-order valence-electron chi connectivity index (χ4n) is 4.30. The highest BCUT2D eigenvalue weighted by atomic mass is 32.1. The number of nitrogen functional groups attached to an aromatic ring is 1. The van der Waals surface area contributed by atoms with Crippen LogP contribution in [-0.2, 0) is 6.42 Å². The van der Waals surface area contributed by atoms with Crippen molar-refractivity contribution < 1.29 is 4.39 Å². The molecule has 2 rings (SSSR count). The monoisotopic (exact) mass is 526 g/mol. The molecule has 0 aliphatic heterocycles. The van der Waals surface area contributed by atoms with Crippen LogP contribution in [0.3, 0.4) is 0 Å². The summed E-state index contributed by atoms with van der Waals surface area (Å²) in [5, 5.41) is 3.59. The second kappa shape index (κ2) is 15.0. The maximum Gasteiger partial charge on any atom is 0.137 e. The van der Waals surface area contributed by atoms with E-state index >= 15 is 0 Å². The van der Waals surface area contributed by atoms with Gasteiger partial charge in [0.2, 0.25) is 0 Å². The van der Waals surface area contributed by atoms with E-state index in [-0.39, 0.29) is 11.9 Å². The molecule has 0 amide bonds. The zero-order valence-electron chi connectivity index (χ0n) is 24.3. The molecule has 0 aromatic heterocycles. The lowest BCUT2D eigenvalue weighted by Gasteiger charge is -2.31. The lowest BCUT2D eigenvalue weighted by Crippen LogP contribution is -2.43. The van der Waals surface area contributed by atoms with E-state index in [0.717, 1.165) is 57.8 Å². The number of aliphatic imine (C=N–C) groups is 1. The number of hydrogen-bond acceptors (Lipinski definition) is 5. The van der Waals surface area contributed by atoms with E-state index in [2.05, 4.69) is 74.8 Å². The van der Waals surface area contributed by atoms with Crippen LogP contribution in [0.1, 0.15) is 65.2 Å². The maximum absolute atomic E-state index is 14.3. The Labute approximate surface area is 230 Å². The van der Waals surface area contributed by atoms with Crippen LogP contribution in [0.15, 0.2) is 58.6 Å². The number of allylic oxidation sites excluding steroid dienone is 1. The highest BCUT2D eigenvalue weighted by molar-refractivity contribution is 7.80. The molecule has 0 radical (unpaired) electrons. The van der Waals surface area contributed by atoms with E-state index in [1.54, 1.807) is 19.2 Å². The third kappa shape index (κ3) is 8.47. The van der Waals surface area contributed by atoms with E-state index in [1.165, 1.54) is 0 Å². The van der Waals surface area contributed by atoms with Gasteiger partial charge in [-0.05, 0) is 73.6 Å². The molecule has 4 nitrogen and oxygen atoms in total. The van der Waals surface area contributed by atoms with Crippen LogP contribution in [0.2, 0.25) is 0 Å².